The van der Waals surface area contributed by atoms with Gasteiger partial charge in [0.1, 0.15) is 12.1 Å². The van der Waals surface area contributed by atoms with Crippen LogP contribution in [0.4, 0.5) is 16.3 Å². The zero-order chi connectivity index (χ0) is 16.2. The van der Waals surface area contributed by atoms with Gasteiger partial charge < -0.3 is 16.4 Å². The summed E-state index contributed by atoms with van der Waals surface area (Å²) in [6.07, 6.45) is 2.31. The maximum atomic E-state index is 10.8. The van der Waals surface area contributed by atoms with Crippen molar-refractivity contribution >= 4 is 23.3 Å². The number of primary amides is 1. The zero-order valence-electron chi connectivity index (χ0n) is 12.7. The van der Waals surface area contributed by atoms with Crippen molar-refractivity contribution in [3.8, 4) is 0 Å². The molecule has 0 atom stereocenters. The van der Waals surface area contributed by atoms with Gasteiger partial charge in [0, 0.05) is 24.0 Å². The number of urea groups is 1. The highest BCUT2D eigenvalue weighted by Crippen LogP contribution is 2.14. The van der Waals surface area contributed by atoms with Crippen molar-refractivity contribution < 1.29 is 4.79 Å². The van der Waals surface area contributed by atoms with Crippen molar-refractivity contribution in [3.63, 3.8) is 0 Å². The molecule has 3 rings (SSSR count). The molecule has 0 radical (unpaired) electrons. The van der Waals surface area contributed by atoms with E-state index >= 15 is 0 Å². The lowest BCUT2D eigenvalue weighted by Crippen LogP contribution is -2.19. The molecule has 1 aromatic carbocycles. The Morgan fingerprint density at radius 1 is 1.30 bits per heavy atom. The van der Waals surface area contributed by atoms with Crippen LogP contribution in [0.3, 0.4) is 0 Å². The Bertz CT molecular complexity index is 825. The average Bonchev–Trinajstić information content (AvgIpc) is 3.01. The summed E-state index contributed by atoms with van der Waals surface area (Å²) in [6.45, 7) is 2.66. The van der Waals surface area contributed by atoms with Gasteiger partial charge in [-0.25, -0.2) is 9.78 Å². The molecule has 0 bridgehead atoms. The summed E-state index contributed by atoms with van der Waals surface area (Å²) >= 11 is 0. The number of fused-ring (bicyclic) bond motifs is 1. The number of carbonyl (C=O) groups is 1. The maximum Gasteiger partial charge on any atom is 0.316 e. The number of aromatic nitrogens is 4. The number of carbonyl (C=O) groups excluding carboxylic acids is 1. The van der Waals surface area contributed by atoms with E-state index in [1.54, 1.807) is 16.6 Å². The molecule has 0 aliphatic rings. The van der Waals surface area contributed by atoms with Crippen molar-refractivity contribution in [2.75, 3.05) is 10.6 Å². The van der Waals surface area contributed by atoms with Crippen molar-refractivity contribution in [1.29, 1.82) is 0 Å². The number of aryl methyl sites for hydroxylation is 1. The van der Waals surface area contributed by atoms with Gasteiger partial charge in [-0.1, -0.05) is 19.1 Å². The molecule has 0 spiro atoms. The van der Waals surface area contributed by atoms with Crippen LogP contribution >= 0.6 is 0 Å². The van der Waals surface area contributed by atoms with Gasteiger partial charge in [-0.05, 0) is 24.1 Å². The van der Waals surface area contributed by atoms with Crippen molar-refractivity contribution in [1.82, 2.24) is 19.6 Å². The molecule has 0 saturated carbocycles. The summed E-state index contributed by atoms with van der Waals surface area (Å²) in [6, 6.07) is 8.82. The lowest BCUT2D eigenvalue weighted by atomic mass is 10.2. The molecule has 3 aromatic rings. The van der Waals surface area contributed by atoms with Crippen LogP contribution in [0.2, 0.25) is 0 Å². The van der Waals surface area contributed by atoms with Crippen molar-refractivity contribution in [2.45, 2.75) is 19.9 Å². The molecule has 0 aliphatic heterocycles. The van der Waals surface area contributed by atoms with E-state index in [0.29, 0.717) is 18.0 Å². The molecule has 2 amide bonds. The van der Waals surface area contributed by atoms with Gasteiger partial charge in [-0.3, -0.25) is 0 Å². The second-order valence-corrected chi connectivity index (χ2v) is 5.00. The summed E-state index contributed by atoms with van der Waals surface area (Å²) in [5, 5.41) is 10.0. The molecule has 2 heterocycles. The minimum atomic E-state index is -0.576. The molecule has 118 valence electrons. The normalized spacial score (nSPS) is 10.7. The Morgan fingerprint density at radius 2 is 2.09 bits per heavy atom. The van der Waals surface area contributed by atoms with Crippen molar-refractivity contribution in [3.05, 3.63) is 47.9 Å². The van der Waals surface area contributed by atoms with Gasteiger partial charge in [-0.2, -0.15) is 14.6 Å². The highest BCUT2D eigenvalue weighted by atomic mass is 16.2. The van der Waals surface area contributed by atoms with Crippen LogP contribution in [0.5, 0.6) is 0 Å². The van der Waals surface area contributed by atoms with Gasteiger partial charge in [0.2, 0.25) is 0 Å². The fourth-order valence-electron chi connectivity index (χ4n) is 2.21. The fourth-order valence-corrected chi connectivity index (χ4v) is 2.21. The Morgan fingerprint density at radius 3 is 2.78 bits per heavy atom. The van der Waals surface area contributed by atoms with E-state index in [4.69, 9.17) is 5.73 Å². The van der Waals surface area contributed by atoms with Crippen LogP contribution in [0.1, 0.15) is 18.2 Å². The zero-order valence-corrected chi connectivity index (χ0v) is 12.7. The topological polar surface area (TPSA) is 110 Å². The number of nitrogens with one attached hydrogen (secondary N) is 2. The SMILES string of the molecule is CCc1cc(NCc2ccc(NC(N)=O)cc2)n2ncnc2n1. The number of hydrogen-bond donors (Lipinski definition) is 3. The molecular weight excluding hydrogens is 294 g/mol. The predicted octanol–water partition coefficient (Wildman–Crippen LogP) is 1.79. The number of amides is 2. The minimum Gasteiger partial charge on any atom is -0.366 e. The van der Waals surface area contributed by atoms with Crippen LogP contribution in [0.25, 0.3) is 5.78 Å². The van der Waals surface area contributed by atoms with Gasteiger partial charge in [0.05, 0.1) is 0 Å². The molecule has 23 heavy (non-hydrogen) atoms. The van der Waals surface area contributed by atoms with Crippen LogP contribution in [-0.4, -0.2) is 25.6 Å². The molecular formula is C15H17N7O. The van der Waals surface area contributed by atoms with Gasteiger partial charge in [-0.15, -0.1) is 0 Å². The molecule has 0 saturated heterocycles. The van der Waals surface area contributed by atoms with E-state index < -0.39 is 6.03 Å². The highest BCUT2D eigenvalue weighted by Gasteiger charge is 2.06. The standard InChI is InChI=1S/C15H17N7O/c1-2-11-7-13(22-15(21-11)18-9-19-22)17-8-10-3-5-12(6-4-10)20-14(16)23/h3-7,9,17H,2,8H2,1H3,(H3,16,20,23). The summed E-state index contributed by atoms with van der Waals surface area (Å²) in [7, 11) is 0. The lowest BCUT2D eigenvalue weighted by molar-refractivity contribution is 0.259. The molecule has 0 aliphatic carbocycles. The lowest BCUT2D eigenvalue weighted by Gasteiger charge is -2.10. The summed E-state index contributed by atoms with van der Waals surface area (Å²) in [4.78, 5) is 19.3. The monoisotopic (exact) mass is 311 g/mol. The van der Waals surface area contributed by atoms with Gasteiger partial charge in [0.25, 0.3) is 5.78 Å². The number of anilines is 2. The summed E-state index contributed by atoms with van der Waals surface area (Å²) in [5.41, 5.74) is 7.76. The van der Waals surface area contributed by atoms with Gasteiger partial charge in [0.15, 0.2) is 0 Å². The molecule has 2 aromatic heterocycles. The molecule has 8 nitrogen and oxygen atoms in total. The quantitative estimate of drug-likeness (QED) is 0.665. The maximum absolute atomic E-state index is 10.8. The largest absolute Gasteiger partial charge is 0.366 e. The minimum absolute atomic E-state index is 0.576. The van der Waals surface area contributed by atoms with E-state index in [-0.39, 0.29) is 0 Å². The number of rotatable bonds is 5. The first-order valence-electron chi connectivity index (χ1n) is 7.24. The van der Waals surface area contributed by atoms with Gasteiger partial charge >= 0.3 is 6.03 Å². The first-order valence-corrected chi connectivity index (χ1v) is 7.24. The van der Waals surface area contributed by atoms with Crippen LogP contribution in [-0.2, 0) is 13.0 Å². The highest BCUT2D eigenvalue weighted by molar-refractivity contribution is 5.87. The Kier molecular flexibility index (Phi) is 4.05. The Balaban J connectivity index is 1.75. The number of hydrogen-bond acceptors (Lipinski definition) is 5. The number of nitrogens with zero attached hydrogens (tertiary/aromatic N) is 4. The number of benzene rings is 1. The smallest absolute Gasteiger partial charge is 0.316 e. The predicted molar refractivity (Wildman–Crippen MR) is 87.1 cm³/mol. The van der Waals surface area contributed by atoms with E-state index in [2.05, 4.69) is 25.7 Å². The third-order valence-corrected chi connectivity index (χ3v) is 3.36. The molecule has 4 N–H and O–H groups in total. The van der Waals surface area contributed by atoms with E-state index in [0.717, 1.165) is 23.5 Å². The van der Waals surface area contributed by atoms with Crippen molar-refractivity contribution in [2.24, 2.45) is 5.73 Å². The third kappa shape index (κ3) is 3.37. The Labute approximate surface area is 132 Å². The second kappa shape index (κ2) is 6.30. The van der Waals surface area contributed by atoms with E-state index in [1.807, 2.05) is 25.1 Å². The number of nitrogens with two attached hydrogens (primary N) is 1. The molecule has 0 fully saturated rings. The first kappa shape index (κ1) is 14.8. The van der Waals surface area contributed by atoms with Crippen LogP contribution in [0.15, 0.2) is 36.7 Å². The van der Waals surface area contributed by atoms with Crippen LogP contribution in [0, 0.1) is 0 Å². The summed E-state index contributed by atoms with van der Waals surface area (Å²) in [5.74, 6) is 1.41. The molecule has 0 unspecified atom stereocenters. The van der Waals surface area contributed by atoms with E-state index in [1.165, 1.54) is 6.33 Å². The van der Waals surface area contributed by atoms with E-state index in [9.17, 15) is 4.79 Å². The third-order valence-electron chi connectivity index (χ3n) is 3.36. The van der Waals surface area contributed by atoms with Crippen LogP contribution < -0.4 is 16.4 Å². The first-order chi connectivity index (χ1) is 11.2. The second-order valence-electron chi connectivity index (χ2n) is 5.00. The average molecular weight is 311 g/mol. The summed E-state index contributed by atoms with van der Waals surface area (Å²) < 4.78 is 1.67. The Hall–Kier alpha value is -3.16. The molecule has 8 heteroatoms. The fraction of sp³-hybridized carbons (Fsp3) is 0.200.